The summed E-state index contributed by atoms with van der Waals surface area (Å²) in [6.45, 7) is 2.18. The maximum atomic E-state index is 9.96. The van der Waals surface area contributed by atoms with Gasteiger partial charge in [-0.25, -0.2) is 0 Å². The van der Waals surface area contributed by atoms with E-state index in [9.17, 15) is 15.3 Å². The Hall–Kier alpha value is -1.56. The molecule has 1 aromatic carbocycles. The summed E-state index contributed by atoms with van der Waals surface area (Å²) >= 11 is 1.54. The number of phenols is 2. The molecule has 0 aliphatic carbocycles. The average molecular weight is 279 g/mol. The van der Waals surface area contributed by atoms with Gasteiger partial charge in [-0.05, 0) is 41.4 Å². The molecule has 4 nitrogen and oxygen atoms in total. The van der Waals surface area contributed by atoms with Crippen LogP contribution in [0.5, 0.6) is 11.5 Å². The fourth-order valence-corrected chi connectivity index (χ4v) is 2.66. The molecule has 2 rings (SSSR count). The van der Waals surface area contributed by atoms with Crippen LogP contribution >= 0.6 is 11.3 Å². The van der Waals surface area contributed by atoms with E-state index in [0.717, 1.165) is 5.56 Å². The minimum atomic E-state index is -0.596. The van der Waals surface area contributed by atoms with E-state index in [0.29, 0.717) is 12.1 Å². The van der Waals surface area contributed by atoms with Crippen LogP contribution in [0.25, 0.3) is 0 Å². The first-order chi connectivity index (χ1) is 9.09. The third-order valence-corrected chi connectivity index (χ3v) is 3.74. The van der Waals surface area contributed by atoms with Crippen molar-refractivity contribution >= 4 is 11.3 Å². The van der Waals surface area contributed by atoms with E-state index >= 15 is 0 Å². The molecule has 0 aliphatic rings. The summed E-state index contributed by atoms with van der Waals surface area (Å²) < 4.78 is 0. The van der Waals surface area contributed by atoms with Gasteiger partial charge in [0.2, 0.25) is 0 Å². The molecule has 4 N–H and O–H groups in total. The predicted octanol–water partition coefficient (Wildman–Crippen LogP) is 2.54. The van der Waals surface area contributed by atoms with E-state index in [-0.39, 0.29) is 17.5 Å². The Labute approximate surface area is 116 Å². The lowest BCUT2D eigenvalue weighted by molar-refractivity contribution is 0.171. The Morgan fingerprint density at radius 1 is 1.21 bits per heavy atom. The summed E-state index contributed by atoms with van der Waals surface area (Å²) in [4.78, 5) is 0. The third-order valence-electron chi connectivity index (χ3n) is 3.04. The zero-order valence-corrected chi connectivity index (χ0v) is 11.4. The maximum Gasteiger partial charge on any atom is 0.124 e. The molecule has 0 saturated heterocycles. The molecule has 1 heterocycles. The van der Waals surface area contributed by atoms with Crippen LogP contribution in [0.2, 0.25) is 0 Å². The van der Waals surface area contributed by atoms with Gasteiger partial charge in [-0.1, -0.05) is 6.07 Å². The Bertz CT molecular complexity index is 507. The molecule has 2 unspecified atom stereocenters. The van der Waals surface area contributed by atoms with E-state index in [4.69, 9.17) is 0 Å². The van der Waals surface area contributed by atoms with E-state index in [1.54, 1.807) is 6.07 Å². The standard InChI is InChI=1S/C14H17NO3S/c1-9(14-11(16)3-2-4-12(14)17)15-7-13(18)10-5-6-19-8-10/h2-6,8-9,13,15-18H,7H2,1H3. The molecule has 0 amide bonds. The number of hydrogen-bond acceptors (Lipinski definition) is 5. The highest BCUT2D eigenvalue weighted by molar-refractivity contribution is 7.07. The van der Waals surface area contributed by atoms with Crippen LogP contribution in [0.1, 0.15) is 30.2 Å². The van der Waals surface area contributed by atoms with Crippen molar-refractivity contribution in [1.29, 1.82) is 0 Å². The molecule has 0 spiro atoms. The smallest absolute Gasteiger partial charge is 0.124 e. The van der Waals surface area contributed by atoms with Gasteiger partial charge in [0.05, 0.1) is 11.7 Å². The van der Waals surface area contributed by atoms with Crippen molar-refractivity contribution in [2.24, 2.45) is 0 Å². The molecule has 5 heteroatoms. The molecule has 1 aromatic heterocycles. The van der Waals surface area contributed by atoms with Gasteiger partial charge in [-0.2, -0.15) is 11.3 Å². The highest BCUT2D eigenvalue weighted by Gasteiger charge is 2.16. The SMILES string of the molecule is CC(NCC(O)c1ccsc1)c1c(O)cccc1O. The molecule has 0 saturated carbocycles. The van der Waals surface area contributed by atoms with Crippen molar-refractivity contribution < 1.29 is 15.3 Å². The van der Waals surface area contributed by atoms with E-state index in [1.807, 2.05) is 23.8 Å². The fourth-order valence-electron chi connectivity index (χ4n) is 1.96. The molecular formula is C14H17NO3S. The normalized spacial score (nSPS) is 14.2. The molecule has 2 aromatic rings. The second-order valence-electron chi connectivity index (χ2n) is 4.41. The first kappa shape index (κ1) is 13.9. The van der Waals surface area contributed by atoms with Crippen molar-refractivity contribution in [2.45, 2.75) is 19.1 Å². The van der Waals surface area contributed by atoms with Gasteiger partial charge in [0.1, 0.15) is 11.5 Å². The highest BCUT2D eigenvalue weighted by Crippen LogP contribution is 2.32. The largest absolute Gasteiger partial charge is 0.507 e. The zero-order valence-electron chi connectivity index (χ0n) is 10.6. The number of rotatable bonds is 5. The molecule has 0 radical (unpaired) electrons. The Balaban J connectivity index is 2.00. The fraction of sp³-hybridized carbons (Fsp3) is 0.286. The van der Waals surface area contributed by atoms with E-state index < -0.39 is 6.10 Å². The first-order valence-electron chi connectivity index (χ1n) is 6.04. The number of nitrogens with one attached hydrogen (secondary N) is 1. The molecule has 0 bridgehead atoms. The van der Waals surface area contributed by atoms with Gasteiger partial charge >= 0.3 is 0 Å². The van der Waals surface area contributed by atoms with Crippen LogP contribution in [0.3, 0.4) is 0 Å². The number of phenolic OH excluding ortho intramolecular Hbond substituents is 2. The lowest BCUT2D eigenvalue weighted by Crippen LogP contribution is -2.24. The minimum Gasteiger partial charge on any atom is -0.507 e. The van der Waals surface area contributed by atoms with Gasteiger partial charge < -0.3 is 20.6 Å². The molecular weight excluding hydrogens is 262 g/mol. The second-order valence-corrected chi connectivity index (χ2v) is 5.19. The Kier molecular flexibility index (Phi) is 4.42. The maximum absolute atomic E-state index is 9.96. The summed E-state index contributed by atoms with van der Waals surface area (Å²) in [5, 5.41) is 36.4. The van der Waals surface area contributed by atoms with E-state index in [2.05, 4.69) is 5.32 Å². The lowest BCUT2D eigenvalue weighted by Gasteiger charge is -2.18. The Morgan fingerprint density at radius 3 is 2.47 bits per heavy atom. The van der Waals surface area contributed by atoms with Crippen LogP contribution < -0.4 is 5.32 Å². The van der Waals surface area contributed by atoms with Crippen LogP contribution in [0.15, 0.2) is 35.0 Å². The average Bonchev–Trinajstić information content (AvgIpc) is 2.89. The van der Waals surface area contributed by atoms with Crippen molar-refractivity contribution in [3.8, 4) is 11.5 Å². The van der Waals surface area contributed by atoms with Crippen molar-refractivity contribution in [1.82, 2.24) is 5.32 Å². The molecule has 0 fully saturated rings. The molecule has 0 aliphatic heterocycles. The number of hydrogen-bond donors (Lipinski definition) is 4. The lowest BCUT2D eigenvalue weighted by atomic mass is 10.1. The minimum absolute atomic E-state index is 0.0463. The van der Waals surface area contributed by atoms with Crippen molar-refractivity contribution in [3.05, 3.63) is 46.2 Å². The van der Waals surface area contributed by atoms with Crippen molar-refractivity contribution in [3.63, 3.8) is 0 Å². The summed E-state index contributed by atoms with van der Waals surface area (Å²) in [7, 11) is 0. The number of benzene rings is 1. The summed E-state index contributed by atoms with van der Waals surface area (Å²) in [5.41, 5.74) is 1.31. The van der Waals surface area contributed by atoms with Crippen LogP contribution in [0.4, 0.5) is 0 Å². The summed E-state index contributed by atoms with van der Waals surface area (Å²) in [6, 6.07) is 6.26. The molecule has 2 atom stereocenters. The number of aliphatic hydroxyl groups excluding tert-OH is 1. The molecule has 102 valence electrons. The van der Waals surface area contributed by atoms with E-state index in [1.165, 1.54) is 23.5 Å². The quantitative estimate of drug-likeness (QED) is 0.678. The van der Waals surface area contributed by atoms with Gasteiger partial charge in [-0.3, -0.25) is 0 Å². The Morgan fingerprint density at radius 2 is 1.89 bits per heavy atom. The van der Waals surface area contributed by atoms with Crippen molar-refractivity contribution in [2.75, 3.05) is 6.54 Å². The van der Waals surface area contributed by atoms with Crippen LogP contribution in [-0.4, -0.2) is 21.9 Å². The van der Waals surface area contributed by atoms with Gasteiger partial charge in [0, 0.05) is 12.6 Å². The van der Waals surface area contributed by atoms with Crippen LogP contribution in [0, 0.1) is 0 Å². The number of aromatic hydroxyl groups is 2. The first-order valence-corrected chi connectivity index (χ1v) is 6.98. The molecule has 19 heavy (non-hydrogen) atoms. The number of aliphatic hydroxyl groups is 1. The second kappa shape index (κ2) is 6.06. The van der Waals surface area contributed by atoms with Gasteiger partial charge in [0.15, 0.2) is 0 Å². The third kappa shape index (κ3) is 3.26. The topological polar surface area (TPSA) is 72.7 Å². The van der Waals surface area contributed by atoms with Gasteiger partial charge in [0.25, 0.3) is 0 Å². The predicted molar refractivity (Wildman–Crippen MR) is 75.5 cm³/mol. The zero-order chi connectivity index (χ0) is 13.8. The monoisotopic (exact) mass is 279 g/mol. The van der Waals surface area contributed by atoms with Gasteiger partial charge in [-0.15, -0.1) is 0 Å². The number of thiophene rings is 1. The summed E-state index contributed by atoms with van der Waals surface area (Å²) in [5.74, 6) is 0.0926. The summed E-state index contributed by atoms with van der Waals surface area (Å²) in [6.07, 6.45) is -0.596. The van der Waals surface area contributed by atoms with Crippen LogP contribution in [-0.2, 0) is 0 Å². The highest BCUT2D eigenvalue weighted by atomic mass is 32.1.